The van der Waals surface area contributed by atoms with E-state index in [2.05, 4.69) is 5.32 Å². The zero-order valence-corrected chi connectivity index (χ0v) is 22.2. The maximum absolute atomic E-state index is 13.6. The van der Waals surface area contributed by atoms with Crippen LogP contribution >= 0.6 is 11.6 Å². The molecule has 1 atom stereocenters. The lowest BCUT2D eigenvalue weighted by atomic mass is 10.1. The Bertz CT molecular complexity index is 1130. The predicted molar refractivity (Wildman–Crippen MR) is 137 cm³/mol. The molecule has 186 valence electrons. The first-order chi connectivity index (χ1) is 15.7. The van der Waals surface area contributed by atoms with Crippen LogP contribution < -0.4 is 9.62 Å². The quantitative estimate of drug-likeness (QED) is 0.552. The van der Waals surface area contributed by atoms with Crippen molar-refractivity contribution in [3.8, 4) is 0 Å². The molecule has 2 rings (SSSR count). The van der Waals surface area contributed by atoms with Crippen molar-refractivity contribution >= 4 is 39.1 Å². The van der Waals surface area contributed by atoms with Gasteiger partial charge in [0.05, 0.1) is 11.9 Å². The van der Waals surface area contributed by atoms with Gasteiger partial charge in [-0.05, 0) is 63.4 Å². The highest BCUT2D eigenvalue weighted by Gasteiger charge is 2.33. The summed E-state index contributed by atoms with van der Waals surface area (Å²) < 4.78 is 26.3. The predicted octanol–water partition coefficient (Wildman–Crippen LogP) is 4.14. The SMILES string of the molecule is CC[C@H](C(=O)NC(C)(C)C)N(Cc1ccccc1Cl)C(=O)CN(c1cccc(C)c1)S(C)(=O)=O. The van der Waals surface area contributed by atoms with E-state index in [1.165, 1.54) is 4.90 Å². The lowest BCUT2D eigenvalue weighted by Gasteiger charge is -2.34. The lowest BCUT2D eigenvalue weighted by molar-refractivity contribution is -0.141. The van der Waals surface area contributed by atoms with Crippen LogP contribution in [-0.4, -0.2) is 49.5 Å². The van der Waals surface area contributed by atoms with Gasteiger partial charge in [0.15, 0.2) is 0 Å². The Morgan fingerprint density at radius 2 is 1.74 bits per heavy atom. The molecule has 0 radical (unpaired) electrons. The van der Waals surface area contributed by atoms with E-state index >= 15 is 0 Å². The van der Waals surface area contributed by atoms with Gasteiger partial charge in [-0.15, -0.1) is 0 Å². The molecule has 0 saturated heterocycles. The third-order valence-electron chi connectivity index (χ3n) is 5.15. The Kier molecular flexibility index (Phi) is 9.14. The average molecular weight is 508 g/mol. The minimum Gasteiger partial charge on any atom is -0.350 e. The summed E-state index contributed by atoms with van der Waals surface area (Å²) in [4.78, 5) is 28.2. The van der Waals surface area contributed by atoms with Crippen LogP contribution in [0, 0.1) is 6.92 Å². The van der Waals surface area contributed by atoms with Crippen LogP contribution in [0.4, 0.5) is 5.69 Å². The zero-order valence-electron chi connectivity index (χ0n) is 20.6. The van der Waals surface area contributed by atoms with Crippen molar-refractivity contribution in [2.24, 2.45) is 0 Å². The molecule has 0 unspecified atom stereocenters. The van der Waals surface area contributed by atoms with E-state index in [4.69, 9.17) is 11.6 Å². The number of aryl methyl sites for hydroxylation is 1. The van der Waals surface area contributed by atoms with Crippen LogP contribution in [0.15, 0.2) is 48.5 Å². The van der Waals surface area contributed by atoms with Gasteiger partial charge in [-0.25, -0.2) is 8.42 Å². The topological polar surface area (TPSA) is 86.8 Å². The summed E-state index contributed by atoms with van der Waals surface area (Å²) in [6.07, 6.45) is 1.41. The Hall–Kier alpha value is -2.58. The van der Waals surface area contributed by atoms with Crippen molar-refractivity contribution in [2.45, 2.75) is 59.2 Å². The number of hydrogen-bond donors (Lipinski definition) is 1. The second-order valence-electron chi connectivity index (χ2n) is 9.38. The van der Waals surface area contributed by atoms with E-state index in [1.54, 1.807) is 42.5 Å². The number of carbonyl (C=O) groups is 2. The average Bonchev–Trinajstić information content (AvgIpc) is 2.70. The Morgan fingerprint density at radius 3 is 2.26 bits per heavy atom. The van der Waals surface area contributed by atoms with E-state index in [1.807, 2.05) is 40.7 Å². The number of carbonyl (C=O) groups excluding carboxylic acids is 2. The third kappa shape index (κ3) is 7.74. The first-order valence-electron chi connectivity index (χ1n) is 11.1. The Labute approximate surface area is 208 Å². The van der Waals surface area contributed by atoms with Gasteiger partial charge in [0.1, 0.15) is 12.6 Å². The van der Waals surface area contributed by atoms with Gasteiger partial charge >= 0.3 is 0 Å². The van der Waals surface area contributed by atoms with Crippen molar-refractivity contribution in [3.05, 3.63) is 64.7 Å². The van der Waals surface area contributed by atoms with Gasteiger partial charge in [0.25, 0.3) is 0 Å². The normalized spacial score (nSPS) is 12.7. The molecule has 0 aliphatic rings. The summed E-state index contributed by atoms with van der Waals surface area (Å²) in [6, 6.07) is 13.2. The summed E-state index contributed by atoms with van der Waals surface area (Å²) in [7, 11) is -3.77. The Balaban J connectivity index is 2.48. The Morgan fingerprint density at radius 1 is 1.09 bits per heavy atom. The van der Waals surface area contributed by atoms with Gasteiger partial charge in [-0.2, -0.15) is 0 Å². The largest absolute Gasteiger partial charge is 0.350 e. The fourth-order valence-electron chi connectivity index (χ4n) is 3.58. The van der Waals surface area contributed by atoms with Crippen molar-refractivity contribution in [3.63, 3.8) is 0 Å². The monoisotopic (exact) mass is 507 g/mol. The van der Waals surface area contributed by atoms with Crippen LogP contribution in [0.3, 0.4) is 0 Å². The van der Waals surface area contributed by atoms with E-state index in [0.717, 1.165) is 16.1 Å². The van der Waals surface area contributed by atoms with Gasteiger partial charge in [0.2, 0.25) is 21.8 Å². The molecule has 34 heavy (non-hydrogen) atoms. The molecule has 2 aromatic carbocycles. The first-order valence-corrected chi connectivity index (χ1v) is 13.3. The van der Waals surface area contributed by atoms with Crippen molar-refractivity contribution in [1.82, 2.24) is 10.2 Å². The maximum atomic E-state index is 13.6. The van der Waals surface area contributed by atoms with Crippen LogP contribution in [-0.2, 0) is 26.2 Å². The number of anilines is 1. The van der Waals surface area contributed by atoms with E-state index in [0.29, 0.717) is 22.7 Å². The number of rotatable bonds is 9. The van der Waals surface area contributed by atoms with E-state index < -0.39 is 34.1 Å². The minimum atomic E-state index is -3.77. The highest BCUT2D eigenvalue weighted by Crippen LogP contribution is 2.23. The van der Waals surface area contributed by atoms with Crippen molar-refractivity contribution < 1.29 is 18.0 Å². The van der Waals surface area contributed by atoms with Gasteiger partial charge in [-0.3, -0.25) is 13.9 Å². The fraction of sp³-hybridized carbons (Fsp3) is 0.440. The smallest absolute Gasteiger partial charge is 0.244 e. The standard InChI is InChI=1S/C25H34ClN3O4S/c1-7-22(24(31)27-25(3,4)5)28(16-19-12-8-9-14-21(19)26)23(30)17-29(34(6,32)33)20-13-10-11-18(2)15-20/h8-15,22H,7,16-17H2,1-6H3,(H,27,31)/t22-/m1/s1. The number of benzene rings is 2. The molecule has 0 spiro atoms. The number of nitrogens with one attached hydrogen (secondary N) is 1. The lowest BCUT2D eigenvalue weighted by Crippen LogP contribution is -2.55. The second-order valence-corrected chi connectivity index (χ2v) is 11.7. The fourth-order valence-corrected chi connectivity index (χ4v) is 4.62. The number of halogens is 1. The molecule has 0 bridgehead atoms. The molecule has 0 aromatic heterocycles. The molecule has 0 aliphatic heterocycles. The molecule has 2 amide bonds. The maximum Gasteiger partial charge on any atom is 0.244 e. The van der Waals surface area contributed by atoms with Crippen LogP contribution in [0.2, 0.25) is 5.02 Å². The molecule has 0 heterocycles. The van der Waals surface area contributed by atoms with Gasteiger partial charge < -0.3 is 10.2 Å². The van der Waals surface area contributed by atoms with Crippen molar-refractivity contribution in [1.29, 1.82) is 0 Å². The number of amides is 2. The van der Waals surface area contributed by atoms with Gasteiger partial charge in [-0.1, -0.05) is 48.9 Å². The van der Waals surface area contributed by atoms with Crippen LogP contribution in [0.25, 0.3) is 0 Å². The molecular weight excluding hydrogens is 474 g/mol. The number of nitrogens with zero attached hydrogens (tertiary/aromatic N) is 2. The molecule has 0 aliphatic carbocycles. The summed E-state index contributed by atoms with van der Waals surface area (Å²) in [6.45, 7) is 8.88. The summed E-state index contributed by atoms with van der Waals surface area (Å²) in [5.74, 6) is -0.806. The molecule has 0 fully saturated rings. The molecule has 7 nitrogen and oxygen atoms in total. The summed E-state index contributed by atoms with van der Waals surface area (Å²) >= 11 is 6.35. The minimum absolute atomic E-state index is 0.0694. The molecule has 9 heteroatoms. The highest BCUT2D eigenvalue weighted by atomic mass is 35.5. The van der Waals surface area contributed by atoms with Crippen LogP contribution in [0.1, 0.15) is 45.2 Å². The third-order valence-corrected chi connectivity index (χ3v) is 6.66. The van der Waals surface area contributed by atoms with Gasteiger partial charge in [0, 0.05) is 17.1 Å². The van der Waals surface area contributed by atoms with E-state index in [9.17, 15) is 18.0 Å². The zero-order chi connectivity index (χ0) is 25.7. The van der Waals surface area contributed by atoms with E-state index in [-0.39, 0.29) is 12.5 Å². The molecular formula is C25H34ClN3O4S. The number of sulfonamides is 1. The summed E-state index contributed by atoms with van der Waals surface area (Å²) in [5.41, 5.74) is 1.42. The summed E-state index contributed by atoms with van der Waals surface area (Å²) in [5, 5.41) is 3.39. The molecule has 2 aromatic rings. The van der Waals surface area contributed by atoms with Crippen LogP contribution in [0.5, 0.6) is 0 Å². The second kappa shape index (κ2) is 11.2. The molecule has 1 N–H and O–H groups in total. The van der Waals surface area contributed by atoms with Crippen molar-refractivity contribution in [2.75, 3.05) is 17.1 Å². The molecule has 0 saturated carbocycles. The first kappa shape index (κ1) is 27.7. The highest BCUT2D eigenvalue weighted by molar-refractivity contribution is 7.92. The number of hydrogen-bond acceptors (Lipinski definition) is 4.